The number of aromatic nitrogens is 1. The normalized spacial score (nSPS) is 15.1. The molecule has 0 saturated heterocycles. The van der Waals surface area contributed by atoms with Gasteiger partial charge in [0.05, 0.1) is 36.1 Å². The van der Waals surface area contributed by atoms with E-state index in [4.69, 9.17) is 19.2 Å². The summed E-state index contributed by atoms with van der Waals surface area (Å²) in [5, 5.41) is 0. The molecule has 4 rings (SSSR count). The number of hydrogen-bond donors (Lipinski definition) is 0. The molecule has 2 heterocycles. The molecule has 0 bridgehead atoms. The van der Waals surface area contributed by atoms with Crippen molar-refractivity contribution in [2.45, 2.75) is 46.8 Å². The number of fused-ring (bicyclic) bond motifs is 1. The molecular formula is C30H34BrN3O5S. The van der Waals surface area contributed by atoms with Crippen LogP contribution in [0.3, 0.4) is 0 Å². The zero-order valence-corrected chi connectivity index (χ0v) is 26.2. The predicted octanol–water partition coefficient (Wildman–Crippen LogP) is 4.67. The standard InChI is InChI=1S/C30H34BrN3O5S/c1-8-33(9-2)29(36)26-18(5)32-30-34(27(26)22-16-21(37-6)11-13-24(22)38-7)28(35)25(40-30)15-19-14-20(31)10-12-23(19)39-17(3)4/h10-17,27H,8-9H2,1-7H3/b25-15-/t27-/m0/s1. The number of methoxy groups -OCH3 is 2. The number of ether oxygens (including phenoxy) is 3. The first-order valence-corrected chi connectivity index (χ1v) is 14.7. The summed E-state index contributed by atoms with van der Waals surface area (Å²) in [6.45, 7) is 10.7. The fraction of sp³-hybridized carbons (Fsp3) is 0.367. The number of amides is 1. The summed E-state index contributed by atoms with van der Waals surface area (Å²) in [5.74, 6) is 1.63. The Morgan fingerprint density at radius 1 is 1.12 bits per heavy atom. The van der Waals surface area contributed by atoms with E-state index in [0.29, 0.717) is 56.5 Å². The second-order valence-electron chi connectivity index (χ2n) is 9.52. The number of thiazole rings is 1. The Morgan fingerprint density at radius 2 is 1.82 bits per heavy atom. The van der Waals surface area contributed by atoms with Crippen molar-refractivity contribution in [3.8, 4) is 17.2 Å². The van der Waals surface area contributed by atoms with Crippen molar-refractivity contribution < 1.29 is 19.0 Å². The van der Waals surface area contributed by atoms with Gasteiger partial charge in [0.1, 0.15) is 23.3 Å². The first-order chi connectivity index (χ1) is 19.1. The number of nitrogens with zero attached hydrogens (tertiary/aromatic N) is 3. The van der Waals surface area contributed by atoms with Gasteiger partial charge in [-0.15, -0.1) is 0 Å². The van der Waals surface area contributed by atoms with Crippen LogP contribution in [0.1, 0.15) is 51.8 Å². The molecule has 3 aromatic rings. The van der Waals surface area contributed by atoms with Crippen molar-refractivity contribution in [2.24, 2.45) is 4.99 Å². The second-order valence-corrected chi connectivity index (χ2v) is 11.4. The number of carbonyl (C=O) groups excluding carboxylic acids is 1. The Kier molecular flexibility index (Phi) is 9.20. The molecule has 1 aromatic heterocycles. The predicted molar refractivity (Wildman–Crippen MR) is 161 cm³/mol. The number of halogens is 1. The van der Waals surface area contributed by atoms with Crippen molar-refractivity contribution in [3.05, 3.63) is 83.0 Å². The molecule has 0 fully saturated rings. The molecule has 1 amide bonds. The van der Waals surface area contributed by atoms with Gasteiger partial charge in [0, 0.05) is 28.7 Å². The molecule has 0 spiro atoms. The summed E-state index contributed by atoms with van der Waals surface area (Å²) < 4.78 is 20.2. The quantitative estimate of drug-likeness (QED) is 0.344. The summed E-state index contributed by atoms with van der Waals surface area (Å²) in [7, 11) is 3.15. The highest BCUT2D eigenvalue weighted by Gasteiger charge is 2.36. The molecule has 2 aromatic carbocycles. The van der Waals surface area contributed by atoms with Crippen LogP contribution in [0.2, 0.25) is 0 Å². The van der Waals surface area contributed by atoms with Crippen LogP contribution in [0, 0.1) is 0 Å². The topological polar surface area (TPSA) is 82.4 Å². The molecular weight excluding hydrogens is 594 g/mol. The van der Waals surface area contributed by atoms with Crippen LogP contribution in [0.15, 0.2) is 61.9 Å². The minimum Gasteiger partial charge on any atom is -0.497 e. The molecule has 1 aliphatic rings. The van der Waals surface area contributed by atoms with Gasteiger partial charge in [-0.25, -0.2) is 4.99 Å². The van der Waals surface area contributed by atoms with Gasteiger partial charge < -0.3 is 19.1 Å². The van der Waals surface area contributed by atoms with Crippen LogP contribution in [0.25, 0.3) is 6.08 Å². The van der Waals surface area contributed by atoms with E-state index in [1.54, 1.807) is 35.8 Å². The maximum Gasteiger partial charge on any atom is 0.271 e. The third kappa shape index (κ3) is 5.74. The number of benzene rings is 2. The molecule has 40 heavy (non-hydrogen) atoms. The van der Waals surface area contributed by atoms with E-state index < -0.39 is 6.04 Å². The molecule has 0 N–H and O–H groups in total. The fourth-order valence-electron chi connectivity index (χ4n) is 4.76. The van der Waals surface area contributed by atoms with Crippen LogP contribution in [-0.4, -0.2) is 48.8 Å². The average molecular weight is 629 g/mol. The van der Waals surface area contributed by atoms with Gasteiger partial charge in [-0.1, -0.05) is 27.3 Å². The fourth-order valence-corrected chi connectivity index (χ4v) is 6.17. The Labute approximate surface area is 246 Å². The highest BCUT2D eigenvalue weighted by atomic mass is 79.9. The Bertz CT molecular complexity index is 1640. The van der Waals surface area contributed by atoms with E-state index in [2.05, 4.69) is 15.9 Å². The summed E-state index contributed by atoms with van der Waals surface area (Å²) in [6, 6.07) is 10.3. The molecule has 212 valence electrons. The average Bonchev–Trinajstić information content (AvgIpc) is 3.23. The van der Waals surface area contributed by atoms with Crippen LogP contribution >= 0.6 is 27.3 Å². The van der Waals surface area contributed by atoms with E-state index in [0.717, 1.165) is 10.0 Å². The first kappa shape index (κ1) is 29.6. The zero-order chi connectivity index (χ0) is 29.1. The van der Waals surface area contributed by atoms with Crippen molar-refractivity contribution in [3.63, 3.8) is 0 Å². The van der Waals surface area contributed by atoms with Crippen LogP contribution in [-0.2, 0) is 4.79 Å². The third-order valence-corrected chi connectivity index (χ3v) is 8.13. The smallest absolute Gasteiger partial charge is 0.271 e. The number of allylic oxidation sites excluding steroid dienone is 1. The van der Waals surface area contributed by atoms with Crippen molar-refractivity contribution in [1.29, 1.82) is 0 Å². The number of likely N-dealkylation sites (N-methyl/N-ethyl adjacent to an activating group) is 1. The molecule has 0 unspecified atom stereocenters. The summed E-state index contributed by atoms with van der Waals surface area (Å²) in [6.07, 6.45) is 1.78. The lowest BCUT2D eigenvalue weighted by molar-refractivity contribution is -0.127. The zero-order valence-electron chi connectivity index (χ0n) is 23.8. The highest BCUT2D eigenvalue weighted by Crippen LogP contribution is 2.38. The van der Waals surface area contributed by atoms with Crippen molar-refractivity contribution >= 4 is 39.2 Å². The Balaban J connectivity index is 2.03. The van der Waals surface area contributed by atoms with Crippen molar-refractivity contribution in [2.75, 3.05) is 27.3 Å². The van der Waals surface area contributed by atoms with Crippen molar-refractivity contribution in [1.82, 2.24) is 9.47 Å². The van der Waals surface area contributed by atoms with E-state index >= 15 is 0 Å². The van der Waals surface area contributed by atoms with Gasteiger partial charge in [-0.2, -0.15) is 0 Å². The van der Waals surface area contributed by atoms with Crippen LogP contribution < -0.4 is 29.1 Å². The highest BCUT2D eigenvalue weighted by molar-refractivity contribution is 9.10. The lowest BCUT2D eigenvalue weighted by Crippen LogP contribution is -2.43. The van der Waals surface area contributed by atoms with Gasteiger partial charge in [-0.05, 0) is 77.1 Å². The number of hydrogen-bond acceptors (Lipinski definition) is 7. The van der Waals surface area contributed by atoms with E-state index in [9.17, 15) is 9.59 Å². The molecule has 8 nitrogen and oxygen atoms in total. The van der Waals surface area contributed by atoms with Crippen LogP contribution in [0.4, 0.5) is 0 Å². The van der Waals surface area contributed by atoms with Gasteiger partial charge >= 0.3 is 0 Å². The molecule has 10 heteroatoms. The molecule has 1 atom stereocenters. The Hall–Kier alpha value is -3.37. The van der Waals surface area contributed by atoms with Gasteiger partial charge in [0.2, 0.25) is 0 Å². The number of rotatable bonds is 9. The van der Waals surface area contributed by atoms with Crippen LogP contribution in [0.5, 0.6) is 17.2 Å². The maximum absolute atomic E-state index is 14.2. The molecule has 0 aliphatic carbocycles. The molecule has 0 radical (unpaired) electrons. The first-order valence-electron chi connectivity index (χ1n) is 13.1. The SMILES string of the molecule is CCN(CC)C(=O)C1=C(C)N=c2s/c(=C\c3cc(Br)ccc3OC(C)C)c(=O)n2[C@H]1c1cc(OC)ccc1OC. The van der Waals surface area contributed by atoms with Gasteiger partial charge in [0.25, 0.3) is 11.5 Å². The van der Waals surface area contributed by atoms with E-state index in [1.807, 2.05) is 65.0 Å². The Morgan fingerprint density at radius 3 is 2.45 bits per heavy atom. The van der Waals surface area contributed by atoms with E-state index in [-0.39, 0.29) is 17.6 Å². The monoisotopic (exact) mass is 627 g/mol. The largest absolute Gasteiger partial charge is 0.497 e. The minimum absolute atomic E-state index is 0.0358. The second kappa shape index (κ2) is 12.4. The lowest BCUT2D eigenvalue weighted by atomic mass is 9.93. The summed E-state index contributed by atoms with van der Waals surface area (Å²) in [4.78, 5) is 35.1. The molecule has 1 aliphatic heterocycles. The maximum atomic E-state index is 14.2. The third-order valence-electron chi connectivity index (χ3n) is 6.66. The molecule has 0 saturated carbocycles. The van der Waals surface area contributed by atoms with Gasteiger partial charge in [0.15, 0.2) is 4.80 Å². The van der Waals surface area contributed by atoms with Gasteiger partial charge in [-0.3, -0.25) is 14.2 Å². The van der Waals surface area contributed by atoms with E-state index in [1.165, 1.54) is 11.3 Å². The number of carbonyl (C=O) groups is 1. The summed E-state index contributed by atoms with van der Waals surface area (Å²) in [5.41, 5.74) is 2.14. The lowest BCUT2D eigenvalue weighted by Gasteiger charge is -2.30. The summed E-state index contributed by atoms with van der Waals surface area (Å²) >= 11 is 4.81. The minimum atomic E-state index is -0.759.